The van der Waals surface area contributed by atoms with E-state index in [1.165, 1.54) is 25.7 Å². The Hall–Kier alpha value is -1.06. The van der Waals surface area contributed by atoms with Crippen LogP contribution in [0.2, 0.25) is 0 Å². The van der Waals surface area contributed by atoms with Crippen LogP contribution in [0.3, 0.4) is 0 Å². The van der Waals surface area contributed by atoms with E-state index in [0.29, 0.717) is 47.3 Å². The van der Waals surface area contributed by atoms with E-state index >= 15 is 0 Å². The third-order valence-corrected chi connectivity index (χ3v) is 7.82. The molecule has 0 radical (unpaired) electrons. The molecule has 2 fully saturated rings. The van der Waals surface area contributed by atoms with Crippen molar-refractivity contribution in [3.8, 4) is 0 Å². The first-order valence-electron chi connectivity index (χ1n) is 13.2. The van der Waals surface area contributed by atoms with E-state index in [4.69, 9.17) is 20.3 Å². The normalized spacial score (nSPS) is 31.6. The molecule has 180 valence electrons. The summed E-state index contributed by atoms with van der Waals surface area (Å²) in [6, 6.07) is 0. The standard InChI is InChI=1S/C27H50N2O2/c1-18(2)22-14-12-20(5)16-24(22)30-26(28)10-8-7-9-11-27(29)31-25-17-21(6)13-15-23(25)19(3)4/h18-25,28-29H,7-17H2,1-6H3. The van der Waals surface area contributed by atoms with Crippen molar-refractivity contribution in [1.29, 1.82) is 10.8 Å². The molecule has 4 nitrogen and oxygen atoms in total. The van der Waals surface area contributed by atoms with Crippen LogP contribution in [0, 0.1) is 46.3 Å². The molecule has 0 aliphatic heterocycles. The van der Waals surface area contributed by atoms with Crippen LogP contribution in [0.5, 0.6) is 0 Å². The van der Waals surface area contributed by atoms with Gasteiger partial charge in [-0.3, -0.25) is 10.8 Å². The second-order valence-electron chi connectivity index (χ2n) is 11.4. The lowest BCUT2D eigenvalue weighted by molar-refractivity contribution is 0.0335. The van der Waals surface area contributed by atoms with Crippen LogP contribution in [0.15, 0.2) is 0 Å². The molecule has 6 unspecified atom stereocenters. The fraction of sp³-hybridized carbons (Fsp3) is 0.926. The van der Waals surface area contributed by atoms with Gasteiger partial charge in [0.25, 0.3) is 0 Å². The monoisotopic (exact) mass is 434 g/mol. The quantitative estimate of drug-likeness (QED) is 0.209. The molecule has 2 saturated carbocycles. The summed E-state index contributed by atoms with van der Waals surface area (Å²) < 4.78 is 12.2. The maximum Gasteiger partial charge on any atom is 0.180 e. The van der Waals surface area contributed by atoms with E-state index in [2.05, 4.69) is 41.5 Å². The second-order valence-corrected chi connectivity index (χ2v) is 11.4. The zero-order valence-corrected chi connectivity index (χ0v) is 21.2. The van der Waals surface area contributed by atoms with E-state index in [-0.39, 0.29) is 12.2 Å². The first kappa shape index (κ1) is 26.2. The van der Waals surface area contributed by atoms with Crippen LogP contribution in [0.25, 0.3) is 0 Å². The highest BCUT2D eigenvalue weighted by Gasteiger charge is 2.33. The molecular weight excluding hydrogens is 384 g/mol. The summed E-state index contributed by atoms with van der Waals surface area (Å²) in [5.41, 5.74) is 0. The molecule has 0 spiro atoms. The van der Waals surface area contributed by atoms with E-state index in [1.54, 1.807) is 0 Å². The predicted molar refractivity (Wildman–Crippen MR) is 131 cm³/mol. The topological polar surface area (TPSA) is 66.2 Å². The minimum atomic E-state index is 0.226. The van der Waals surface area contributed by atoms with Gasteiger partial charge in [0.2, 0.25) is 0 Å². The smallest absolute Gasteiger partial charge is 0.180 e. The van der Waals surface area contributed by atoms with Crippen LogP contribution in [-0.4, -0.2) is 24.0 Å². The average Bonchev–Trinajstić information content (AvgIpc) is 2.67. The van der Waals surface area contributed by atoms with Crippen LogP contribution in [0.1, 0.15) is 112 Å². The predicted octanol–water partition coefficient (Wildman–Crippen LogP) is 7.85. The van der Waals surface area contributed by atoms with Gasteiger partial charge >= 0.3 is 0 Å². The Bertz CT molecular complexity index is 511. The zero-order chi connectivity index (χ0) is 23.0. The van der Waals surface area contributed by atoms with Gasteiger partial charge in [0, 0.05) is 12.8 Å². The van der Waals surface area contributed by atoms with Gasteiger partial charge < -0.3 is 9.47 Å². The average molecular weight is 435 g/mol. The van der Waals surface area contributed by atoms with Gasteiger partial charge in [-0.25, -0.2) is 0 Å². The molecule has 0 saturated heterocycles. The van der Waals surface area contributed by atoms with Gasteiger partial charge in [0.15, 0.2) is 11.8 Å². The maximum atomic E-state index is 8.30. The highest BCUT2D eigenvalue weighted by atomic mass is 16.5. The van der Waals surface area contributed by atoms with E-state index in [0.717, 1.165) is 44.9 Å². The largest absolute Gasteiger partial charge is 0.478 e. The van der Waals surface area contributed by atoms with Crippen LogP contribution in [-0.2, 0) is 9.47 Å². The summed E-state index contributed by atoms with van der Waals surface area (Å²) in [7, 11) is 0. The molecule has 0 heterocycles. The highest BCUT2D eigenvalue weighted by Crippen LogP contribution is 2.36. The molecule has 2 aliphatic carbocycles. The lowest BCUT2D eigenvalue weighted by Gasteiger charge is -2.37. The summed E-state index contributed by atoms with van der Waals surface area (Å²) in [6.45, 7) is 13.8. The van der Waals surface area contributed by atoms with Crippen molar-refractivity contribution in [1.82, 2.24) is 0 Å². The van der Waals surface area contributed by atoms with E-state index in [1.807, 2.05) is 0 Å². The number of unbranched alkanes of at least 4 members (excludes halogenated alkanes) is 2. The lowest BCUT2D eigenvalue weighted by Crippen LogP contribution is -2.35. The molecule has 2 N–H and O–H groups in total. The Morgan fingerprint density at radius 1 is 0.677 bits per heavy atom. The van der Waals surface area contributed by atoms with E-state index < -0.39 is 0 Å². The second kappa shape index (κ2) is 12.8. The molecular formula is C27H50N2O2. The van der Waals surface area contributed by atoms with Crippen LogP contribution < -0.4 is 0 Å². The Balaban J connectivity index is 1.63. The fourth-order valence-corrected chi connectivity index (χ4v) is 5.73. The Kier molecular flexibility index (Phi) is 10.9. The number of hydrogen-bond donors (Lipinski definition) is 2. The summed E-state index contributed by atoms with van der Waals surface area (Å²) >= 11 is 0. The lowest BCUT2D eigenvalue weighted by atomic mass is 9.75. The van der Waals surface area contributed by atoms with E-state index in [9.17, 15) is 0 Å². The maximum absolute atomic E-state index is 8.30. The molecule has 2 aliphatic rings. The van der Waals surface area contributed by atoms with Crippen molar-refractivity contribution in [2.24, 2.45) is 35.5 Å². The minimum absolute atomic E-state index is 0.226. The van der Waals surface area contributed by atoms with Gasteiger partial charge in [-0.1, -0.05) is 60.8 Å². The first-order chi connectivity index (χ1) is 14.7. The molecule has 4 heteroatoms. The van der Waals surface area contributed by atoms with Crippen molar-refractivity contribution in [3.63, 3.8) is 0 Å². The van der Waals surface area contributed by atoms with Gasteiger partial charge in [-0.15, -0.1) is 0 Å². The first-order valence-corrected chi connectivity index (χ1v) is 13.2. The van der Waals surface area contributed by atoms with Crippen molar-refractivity contribution >= 4 is 11.8 Å². The highest BCUT2D eigenvalue weighted by molar-refractivity contribution is 5.73. The molecule has 31 heavy (non-hydrogen) atoms. The molecule has 0 aromatic rings. The molecule has 0 aromatic heterocycles. The zero-order valence-electron chi connectivity index (χ0n) is 21.2. The fourth-order valence-electron chi connectivity index (χ4n) is 5.73. The third kappa shape index (κ3) is 8.77. The number of ether oxygens (including phenoxy) is 2. The van der Waals surface area contributed by atoms with Crippen molar-refractivity contribution in [3.05, 3.63) is 0 Å². The van der Waals surface area contributed by atoms with Gasteiger partial charge in [0.05, 0.1) is 0 Å². The van der Waals surface area contributed by atoms with Crippen LogP contribution in [0.4, 0.5) is 0 Å². The third-order valence-electron chi connectivity index (χ3n) is 7.82. The van der Waals surface area contributed by atoms with Crippen molar-refractivity contribution in [2.45, 2.75) is 124 Å². The Labute approximate surface area is 192 Å². The molecule has 0 amide bonds. The number of nitrogens with one attached hydrogen (secondary N) is 2. The summed E-state index contributed by atoms with van der Waals surface area (Å²) in [4.78, 5) is 0. The molecule has 0 aromatic carbocycles. The number of rotatable bonds is 10. The SMILES string of the molecule is CC1CCC(C(C)C)C(OC(=N)CCCCCC(=N)OC2CC(C)CCC2C(C)C)C1. The Morgan fingerprint density at radius 2 is 1.06 bits per heavy atom. The summed E-state index contributed by atoms with van der Waals surface area (Å²) in [5.74, 6) is 4.77. The molecule has 6 atom stereocenters. The summed E-state index contributed by atoms with van der Waals surface area (Å²) in [6.07, 6.45) is 12.1. The minimum Gasteiger partial charge on any atom is -0.478 e. The van der Waals surface area contributed by atoms with Crippen molar-refractivity contribution < 1.29 is 9.47 Å². The van der Waals surface area contributed by atoms with Crippen molar-refractivity contribution in [2.75, 3.05) is 0 Å². The number of hydrogen-bond acceptors (Lipinski definition) is 4. The Morgan fingerprint density at radius 3 is 1.42 bits per heavy atom. The van der Waals surface area contributed by atoms with Gasteiger partial charge in [-0.2, -0.15) is 0 Å². The molecule has 0 bridgehead atoms. The summed E-state index contributed by atoms with van der Waals surface area (Å²) in [5, 5.41) is 16.6. The molecule has 2 rings (SSSR count). The van der Waals surface area contributed by atoms with Gasteiger partial charge in [0.1, 0.15) is 12.2 Å². The van der Waals surface area contributed by atoms with Crippen LogP contribution >= 0.6 is 0 Å². The van der Waals surface area contributed by atoms with Gasteiger partial charge in [-0.05, 0) is 74.0 Å².